The maximum atomic E-state index is 13.3. The van der Waals surface area contributed by atoms with Gasteiger partial charge >= 0.3 is 0 Å². The van der Waals surface area contributed by atoms with Crippen molar-refractivity contribution >= 4 is 40.6 Å². The third kappa shape index (κ3) is 4.88. The minimum Gasteiger partial charge on any atom is -0.378 e. The van der Waals surface area contributed by atoms with Gasteiger partial charge in [0.25, 0.3) is 5.91 Å². The molecule has 2 N–H and O–H groups in total. The van der Waals surface area contributed by atoms with E-state index >= 15 is 0 Å². The van der Waals surface area contributed by atoms with Crippen LogP contribution in [0.2, 0.25) is 5.02 Å². The average molecular weight is 550 g/mol. The topological polar surface area (TPSA) is 110 Å². The van der Waals surface area contributed by atoms with E-state index < -0.39 is 0 Å². The molecule has 2 fully saturated rings. The molecule has 0 saturated carbocycles. The van der Waals surface area contributed by atoms with Crippen LogP contribution in [0.4, 0.5) is 23.1 Å². The molecule has 5 heterocycles. The number of carbonyl (C=O) groups is 1. The molecule has 0 aliphatic carbocycles. The summed E-state index contributed by atoms with van der Waals surface area (Å²) in [7, 11) is 0. The molecule has 11 heteroatoms. The molecular weight excluding hydrogens is 518 g/mol. The summed E-state index contributed by atoms with van der Waals surface area (Å²) in [6.45, 7) is 8.00. The molecule has 1 amide bonds. The summed E-state index contributed by atoms with van der Waals surface area (Å²) < 4.78 is 11.1. The highest BCUT2D eigenvalue weighted by Crippen LogP contribution is 2.47. The number of morpholine rings is 2. The van der Waals surface area contributed by atoms with Crippen molar-refractivity contribution < 1.29 is 14.3 Å². The molecule has 0 spiro atoms. The largest absolute Gasteiger partial charge is 0.378 e. The van der Waals surface area contributed by atoms with E-state index in [1.54, 1.807) is 12.4 Å². The zero-order valence-corrected chi connectivity index (χ0v) is 22.8. The van der Waals surface area contributed by atoms with E-state index in [0.717, 1.165) is 65.5 Å². The summed E-state index contributed by atoms with van der Waals surface area (Å²) in [5, 5.41) is 0.602. The molecule has 39 heavy (non-hydrogen) atoms. The van der Waals surface area contributed by atoms with Crippen LogP contribution in [-0.4, -0.2) is 84.9 Å². The highest BCUT2D eigenvalue weighted by Gasteiger charge is 2.33. The Hall–Kier alpha value is -3.47. The minimum absolute atomic E-state index is 0.00482. The number of rotatable bonds is 5. The normalized spacial score (nSPS) is 17.4. The maximum Gasteiger partial charge on any atom is 0.254 e. The lowest BCUT2D eigenvalue weighted by molar-refractivity contribution is 0.0303. The Balaban J connectivity index is 1.48. The third-order valence-electron chi connectivity index (χ3n) is 7.59. The summed E-state index contributed by atoms with van der Waals surface area (Å²) >= 11 is 6.83. The SMILES string of the molecule is CCc1c(N2CCOCC2)nc(-c2cnc(N)nc2)c2c1N(c1cc(C(=O)N3CCOCC3)ccc1Cl)CC2. The predicted octanol–water partition coefficient (Wildman–Crippen LogP) is 3.34. The standard InChI is InChI=1S/C28H32ClN7O3/c1-2-20-25-21(24(19-16-31-28(30)32-17-19)33-26(20)34-7-11-38-12-8-34)5-6-36(25)23-15-18(3-4-22(23)29)27(37)35-9-13-39-14-10-35/h3-4,15-17H,2,5-14H2,1H3,(H2,30,31,32). The van der Waals surface area contributed by atoms with E-state index in [4.69, 9.17) is 31.8 Å². The summed E-state index contributed by atoms with van der Waals surface area (Å²) in [5.41, 5.74) is 12.3. The predicted molar refractivity (Wildman–Crippen MR) is 151 cm³/mol. The van der Waals surface area contributed by atoms with Gasteiger partial charge in [-0.3, -0.25) is 4.79 Å². The minimum atomic E-state index is -0.00482. The van der Waals surface area contributed by atoms with E-state index in [9.17, 15) is 4.79 Å². The van der Waals surface area contributed by atoms with E-state index in [1.165, 1.54) is 0 Å². The van der Waals surface area contributed by atoms with Crippen LogP contribution in [0.25, 0.3) is 11.3 Å². The maximum absolute atomic E-state index is 13.3. The zero-order chi connectivity index (χ0) is 26.9. The van der Waals surface area contributed by atoms with Crippen molar-refractivity contribution in [3.8, 4) is 11.3 Å². The number of ether oxygens (including phenoxy) is 2. The van der Waals surface area contributed by atoms with Crippen molar-refractivity contribution in [3.63, 3.8) is 0 Å². The van der Waals surface area contributed by atoms with Gasteiger partial charge < -0.3 is 29.9 Å². The Morgan fingerprint density at radius 1 is 1.03 bits per heavy atom. The summed E-state index contributed by atoms with van der Waals surface area (Å²) in [6, 6.07) is 5.56. The van der Waals surface area contributed by atoms with Crippen LogP contribution in [0.3, 0.4) is 0 Å². The van der Waals surface area contributed by atoms with Gasteiger partial charge in [-0.1, -0.05) is 18.5 Å². The lowest BCUT2D eigenvalue weighted by Crippen LogP contribution is -2.40. The number of hydrogen-bond donors (Lipinski definition) is 1. The number of nitrogens with two attached hydrogens (primary N) is 1. The van der Waals surface area contributed by atoms with Crippen LogP contribution in [0.15, 0.2) is 30.6 Å². The van der Waals surface area contributed by atoms with E-state index in [-0.39, 0.29) is 11.9 Å². The molecule has 1 aromatic carbocycles. The number of fused-ring (bicyclic) bond motifs is 1. The molecular formula is C28H32ClN7O3. The molecule has 0 radical (unpaired) electrons. The van der Waals surface area contributed by atoms with Gasteiger partial charge in [0.05, 0.1) is 48.5 Å². The van der Waals surface area contributed by atoms with Gasteiger partial charge in [0.1, 0.15) is 5.82 Å². The molecule has 10 nitrogen and oxygen atoms in total. The smallest absolute Gasteiger partial charge is 0.254 e. The number of halogens is 1. The van der Waals surface area contributed by atoms with Gasteiger partial charge in [0, 0.05) is 67.4 Å². The number of aromatic nitrogens is 3. The first-order chi connectivity index (χ1) is 19.0. The molecule has 0 unspecified atom stereocenters. The molecule has 0 bridgehead atoms. The lowest BCUT2D eigenvalue weighted by atomic mass is 10.00. The number of nitrogen functional groups attached to an aromatic ring is 1. The summed E-state index contributed by atoms with van der Waals surface area (Å²) in [6.07, 6.45) is 5.03. The van der Waals surface area contributed by atoms with Gasteiger partial charge in [-0.15, -0.1) is 0 Å². The average Bonchev–Trinajstić information content (AvgIpc) is 3.42. The summed E-state index contributed by atoms with van der Waals surface area (Å²) in [5.74, 6) is 1.16. The van der Waals surface area contributed by atoms with Gasteiger partial charge in [0.15, 0.2) is 0 Å². The van der Waals surface area contributed by atoms with Crippen LogP contribution in [0.1, 0.15) is 28.4 Å². The first-order valence-electron chi connectivity index (χ1n) is 13.5. The highest BCUT2D eigenvalue weighted by atomic mass is 35.5. The highest BCUT2D eigenvalue weighted by molar-refractivity contribution is 6.33. The van der Waals surface area contributed by atoms with Gasteiger partial charge in [-0.05, 0) is 31.0 Å². The van der Waals surface area contributed by atoms with Crippen molar-refractivity contribution in [2.45, 2.75) is 19.8 Å². The second-order valence-electron chi connectivity index (χ2n) is 9.85. The number of nitrogens with zero attached hydrogens (tertiary/aromatic N) is 6. The fourth-order valence-corrected chi connectivity index (χ4v) is 5.86. The van der Waals surface area contributed by atoms with Crippen molar-refractivity contribution in [3.05, 3.63) is 52.3 Å². The number of pyridine rings is 1. The number of hydrogen-bond acceptors (Lipinski definition) is 9. The van der Waals surface area contributed by atoms with E-state index in [2.05, 4.69) is 26.7 Å². The van der Waals surface area contributed by atoms with Crippen LogP contribution in [0, 0.1) is 0 Å². The number of benzene rings is 1. The quantitative estimate of drug-likeness (QED) is 0.512. The summed E-state index contributed by atoms with van der Waals surface area (Å²) in [4.78, 5) is 33.4. The first-order valence-corrected chi connectivity index (χ1v) is 13.8. The van der Waals surface area contributed by atoms with E-state index in [1.807, 2.05) is 23.1 Å². The van der Waals surface area contributed by atoms with E-state index in [0.29, 0.717) is 56.6 Å². The van der Waals surface area contributed by atoms with Crippen LogP contribution in [0.5, 0.6) is 0 Å². The molecule has 2 saturated heterocycles. The number of anilines is 4. The Morgan fingerprint density at radius 2 is 1.72 bits per heavy atom. The molecule has 3 aliphatic heterocycles. The van der Waals surface area contributed by atoms with Gasteiger partial charge in [0.2, 0.25) is 5.95 Å². The van der Waals surface area contributed by atoms with Crippen molar-refractivity contribution in [1.29, 1.82) is 0 Å². The lowest BCUT2D eigenvalue weighted by Gasteiger charge is -2.32. The molecule has 2 aromatic heterocycles. The molecule has 6 rings (SSSR count). The molecule has 0 atom stereocenters. The number of carbonyl (C=O) groups excluding carboxylic acids is 1. The Morgan fingerprint density at radius 3 is 2.41 bits per heavy atom. The van der Waals surface area contributed by atoms with Crippen LogP contribution in [-0.2, 0) is 22.3 Å². The molecule has 3 aliphatic rings. The van der Waals surface area contributed by atoms with Crippen molar-refractivity contribution in [1.82, 2.24) is 19.9 Å². The second-order valence-corrected chi connectivity index (χ2v) is 10.3. The Bertz CT molecular complexity index is 1370. The van der Waals surface area contributed by atoms with Gasteiger partial charge in [-0.2, -0.15) is 0 Å². The fourth-order valence-electron chi connectivity index (χ4n) is 5.64. The van der Waals surface area contributed by atoms with Crippen molar-refractivity contribution in [2.75, 3.05) is 74.7 Å². The molecule has 3 aromatic rings. The number of amides is 1. The van der Waals surface area contributed by atoms with Gasteiger partial charge in [-0.25, -0.2) is 15.0 Å². The fraction of sp³-hybridized carbons (Fsp3) is 0.429. The van der Waals surface area contributed by atoms with Crippen LogP contribution < -0.4 is 15.5 Å². The third-order valence-corrected chi connectivity index (χ3v) is 7.91. The monoisotopic (exact) mass is 549 g/mol. The van der Waals surface area contributed by atoms with Crippen LogP contribution >= 0.6 is 11.6 Å². The second kappa shape index (κ2) is 11.0. The van der Waals surface area contributed by atoms with Crippen molar-refractivity contribution in [2.24, 2.45) is 0 Å². The zero-order valence-electron chi connectivity index (χ0n) is 22.0. The Kier molecular flexibility index (Phi) is 7.24. The molecule has 204 valence electrons. The first kappa shape index (κ1) is 25.8. The Labute approximate surface area is 232 Å².